The Bertz CT molecular complexity index is 417. The summed E-state index contributed by atoms with van der Waals surface area (Å²) < 4.78 is 24.3. The molecule has 3 nitrogen and oxygen atoms in total. The summed E-state index contributed by atoms with van der Waals surface area (Å²) in [5.41, 5.74) is 1.78. The maximum absolute atomic E-state index is 14.0. The van der Waals surface area contributed by atoms with Crippen LogP contribution in [0.3, 0.4) is 0 Å². The molecule has 1 unspecified atom stereocenters. The van der Waals surface area contributed by atoms with Gasteiger partial charge in [-0.1, -0.05) is 6.42 Å². The molecule has 19 heavy (non-hydrogen) atoms. The number of nitrogens with one attached hydrogen (secondary N) is 1. The van der Waals surface area contributed by atoms with Crippen LogP contribution in [-0.4, -0.2) is 26.8 Å². The van der Waals surface area contributed by atoms with Crippen molar-refractivity contribution in [3.63, 3.8) is 0 Å². The van der Waals surface area contributed by atoms with Crippen molar-refractivity contribution < 1.29 is 13.9 Å². The largest absolute Gasteiger partial charge is 0.493 e. The van der Waals surface area contributed by atoms with Crippen molar-refractivity contribution >= 4 is 0 Å². The van der Waals surface area contributed by atoms with Crippen molar-refractivity contribution in [1.82, 2.24) is 5.32 Å². The Morgan fingerprint density at radius 2 is 2.16 bits per heavy atom. The van der Waals surface area contributed by atoms with E-state index in [1.807, 2.05) is 6.07 Å². The zero-order valence-electron chi connectivity index (χ0n) is 11.7. The lowest BCUT2D eigenvalue weighted by Gasteiger charge is -2.24. The van der Waals surface area contributed by atoms with E-state index in [0.29, 0.717) is 18.4 Å². The molecule has 4 heteroatoms. The van der Waals surface area contributed by atoms with Gasteiger partial charge in [0.2, 0.25) is 0 Å². The van der Waals surface area contributed by atoms with E-state index >= 15 is 0 Å². The molecule has 1 N–H and O–H groups in total. The maximum atomic E-state index is 14.0. The standard InChI is InChI=1S/C15H22FNO2/c1-18-10-11-7-12(15(19-2)14(16)8-11)9-13-5-3-4-6-17-13/h7-8,13,17H,3-6,9-10H2,1-2H3. The van der Waals surface area contributed by atoms with Crippen molar-refractivity contribution in [3.8, 4) is 5.75 Å². The monoisotopic (exact) mass is 267 g/mol. The van der Waals surface area contributed by atoms with Crippen molar-refractivity contribution in [2.24, 2.45) is 0 Å². The second kappa shape index (κ2) is 6.87. The van der Waals surface area contributed by atoms with Crippen LogP contribution in [0.2, 0.25) is 0 Å². The smallest absolute Gasteiger partial charge is 0.165 e. The number of hydrogen-bond donors (Lipinski definition) is 1. The highest BCUT2D eigenvalue weighted by atomic mass is 19.1. The minimum Gasteiger partial charge on any atom is -0.493 e. The summed E-state index contributed by atoms with van der Waals surface area (Å²) in [6.07, 6.45) is 4.41. The fraction of sp³-hybridized carbons (Fsp3) is 0.600. The Morgan fingerprint density at radius 1 is 1.32 bits per heavy atom. The average Bonchev–Trinajstić information content (AvgIpc) is 2.40. The molecule has 0 amide bonds. The zero-order valence-corrected chi connectivity index (χ0v) is 11.7. The Labute approximate surface area is 114 Å². The lowest BCUT2D eigenvalue weighted by molar-refractivity contribution is 0.184. The number of benzene rings is 1. The molecule has 1 fully saturated rings. The van der Waals surface area contributed by atoms with E-state index in [4.69, 9.17) is 9.47 Å². The lowest BCUT2D eigenvalue weighted by Crippen LogP contribution is -2.35. The molecular weight excluding hydrogens is 245 g/mol. The van der Waals surface area contributed by atoms with Gasteiger partial charge in [0.15, 0.2) is 11.6 Å². The highest BCUT2D eigenvalue weighted by Crippen LogP contribution is 2.27. The normalized spacial score (nSPS) is 19.4. The van der Waals surface area contributed by atoms with Crippen molar-refractivity contribution in [1.29, 1.82) is 0 Å². The SMILES string of the molecule is COCc1cc(F)c(OC)c(CC2CCCCN2)c1. The van der Waals surface area contributed by atoms with Gasteiger partial charge in [-0.25, -0.2) is 4.39 Å². The van der Waals surface area contributed by atoms with Crippen LogP contribution >= 0.6 is 0 Å². The second-order valence-electron chi connectivity index (χ2n) is 5.05. The number of methoxy groups -OCH3 is 2. The first kappa shape index (κ1) is 14.3. The third-order valence-electron chi connectivity index (χ3n) is 3.57. The fourth-order valence-electron chi connectivity index (χ4n) is 2.71. The van der Waals surface area contributed by atoms with Crippen molar-refractivity contribution in [3.05, 3.63) is 29.1 Å². The highest BCUT2D eigenvalue weighted by molar-refractivity contribution is 5.39. The predicted molar refractivity (Wildman–Crippen MR) is 73.0 cm³/mol. The van der Waals surface area contributed by atoms with Crippen LogP contribution in [0.5, 0.6) is 5.75 Å². The summed E-state index contributed by atoms with van der Waals surface area (Å²) in [5, 5.41) is 3.48. The van der Waals surface area contributed by atoms with Crippen molar-refractivity contribution in [2.45, 2.75) is 38.3 Å². The molecule has 1 saturated heterocycles. The lowest BCUT2D eigenvalue weighted by atomic mass is 9.96. The molecule has 1 aliphatic rings. The molecule has 1 aromatic carbocycles. The third kappa shape index (κ3) is 3.67. The van der Waals surface area contributed by atoms with Crippen LogP contribution in [0.1, 0.15) is 30.4 Å². The first-order chi connectivity index (χ1) is 9.24. The number of rotatable bonds is 5. The van der Waals surface area contributed by atoms with Gasteiger partial charge in [0.25, 0.3) is 0 Å². The Morgan fingerprint density at radius 3 is 2.79 bits per heavy atom. The third-order valence-corrected chi connectivity index (χ3v) is 3.57. The van der Waals surface area contributed by atoms with Gasteiger partial charge in [-0.05, 0) is 49.1 Å². The van der Waals surface area contributed by atoms with Crippen LogP contribution in [0, 0.1) is 5.82 Å². The summed E-state index contributed by atoms with van der Waals surface area (Å²) >= 11 is 0. The van der Waals surface area contributed by atoms with Gasteiger partial charge in [-0.15, -0.1) is 0 Å². The maximum Gasteiger partial charge on any atom is 0.165 e. The molecule has 106 valence electrons. The molecule has 0 aromatic heterocycles. The van der Waals surface area contributed by atoms with Gasteiger partial charge in [0, 0.05) is 13.2 Å². The van der Waals surface area contributed by atoms with Gasteiger partial charge >= 0.3 is 0 Å². The van der Waals surface area contributed by atoms with Gasteiger partial charge in [0.05, 0.1) is 13.7 Å². The molecule has 0 spiro atoms. The van der Waals surface area contributed by atoms with Gasteiger partial charge in [-0.2, -0.15) is 0 Å². The number of hydrogen-bond acceptors (Lipinski definition) is 3. The van der Waals surface area contributed by atoms with Gasteiger partial charge in [-0.3, -0.25) is 0 Å². The van der Waals surface area contributed by atoms with Crippen LogP contribution in [-0.2, 0) is 17.8 Å². The molecule has 0 bridgehead atoms. The summed E-state index contributed by atoms with van der Waals surface area (Å²) in [4.78, 5) is 0. The number of piperidine rings is 1. The summed E-state index contributed by atoms with van der Waals surface area (Å²) in [6.45, 7) is 1.47. The van der Waals surface area contributed by atoms with Crippen LogP contribution < -0.4 is 10.1 Å². The van der Waals surface area contributed by atoms with E-state index in [1.54, 1.807) is 7.11 Å². The topological polar surface area (TPSA) is 30.5 Å². The Balaban J connectivity index is 2.19. The molecule has 1 atom stereocenters. The van der Waals surface area contributed by atoms with Crippen LogP contribution in [0.4, 0.5) is 4.39 Å². The quantitative estimate of drug-likeness (QED) is 0.889. The van der Waals surface area contributed by atoms with Crippen molar-refractivity contribution in [2.75, 3.05) is 20.8 Å². The van der Waals surface area contributed by atoms with E-state index in [-0.39, 0.29) is 5.82 Å². The highest BCUT2D eigenvalue weighted by Gasteiger charge is 2.18. The molecule has 0 saturated carbocycles. The molecule has 0 aliphatic carbocycles. The van der Waals surface area contributed by atoms with E-state index < -0.39 is 0 Å². The second-order valence-corrected chi connectivity index (χ2v) is 5.05. The summed E-state index contributed by atoms with van der Waals surface area (Å²) in [6, 6.07) is 3.89. The fourth-order valence-corrected chi connectivity index (χ4v) is 2.71. The molecular formula is C15H22FNO2. The minimum absolute atomic E-state index is 0.303. The zero-order chi connectivity index (χ0) is 13.7. The molecule has 2 rings (SSSR count). The van der Waals surface area contributed by atoms with E-state index in [0.717, 1.165) is 30.5 Å². The summed E-state index contributed by atoms with van der Waals surface area (Å²) in [7, 11) is 3.14. The predicted octanol–water partition coefficient (Wildman–Crippen LogP) is 2.67. The Kier molecular flexibility index (Phi) is 5.16. The van der Waals surface area contributed by atoms with Gasteiger partial charge in [0.1, 0.15) is 0 Å². The molecule has 1 aliphatic heterocycles. The average molecular weight is 267 g/mol. The number of halogens is 1. The van der Waals surface area contributed by atoms with E-state index in [9.17, 15) is 4.39 Å². The van der Waals surface area contributed by atoms with E-state index in [1.165, 1.54) is 26.0 Å². The first-order valence-electron chi connectivity index (χ1n) is 6.82. The van der Waals surface area contributed by atoms with Gasteiger partial charge < -0.3 is 14.8 Å². The number of ether oxygens (including phenoxy) is 2. The molecule has 1 heterocycles. The molecule has 1 aromatic rings. The van der Waals surface area contributed by atoms with E-state index in [2.05, 4.69) is 5.32 Å². The van der Waals surface area contributed by atoms with Crippen LogP contribution in [0.25, 0.3) is 0 Å². The van der Waals surface area contributed by atoms with Crippen LogP contribution in [0.15, 0.2) is 12.1 Å². The molecule has 0 radical (unpaired) electrons. The Hall–Kier alpha value is -1.13. The summed E-state index contributed by atoms with van der Waals surface area (Å²) in [5.74, 6) is 0.0649. The minimum atomic E-state index is -0.303. The first-order valence-corrected chi connectivity index (χ1v) is 6.82.